The van der Waals surface area contributed by atoms with Crippen LogP contribution in [0.5, 0.6) is 0 Å². The van der Waals surface area contributed by atoms with Crippen molar-refractivity contribution in [1.82, 2.24) is 4.90 Å². The molecule has 0 saturated carbocycles. The minimum absolute atomic E-state index is 0. The predicted molar refractivity (Wildman–Crippen MR) is 69.9 cm³/mol. The number of nitrogens with zero attached hydrogens (tertiary/aromatic N) is 2. The Hall–Kier alpha value is 0.424. The maximum Gasteiger partial charge on any atom is 0.410 e. The van der Waals surface area contributed by atoms with E-state index in [-0.39, 0.29) is 43.0 Å². The van der Waals surface area contributed by atoms with Crippen LogP contribution < -0.4 is 5.73 Å². The molecule has 0 aliphatic carbocycles. The Morgan fingerprint density at radius 2 is 1.83 bits per heavy atom. The zero-order valence-corrected chi connectivity index (χ0v) is 13.5. The van der Waals surface area contributed by atoms with Gasteiger partial charge in [0, 0.05) is 50.0 Å². The smallest absolute Gasteiger partial charge is 0.410 e. The van der Waals surface area contributed by atoms with Gasteiger partial charge in [-0.2, -0.15) is 6.92 Å². The molecule has 2 N–H and O–H groups in total. The van der Waals surface area contributed by atoms with Crippen LogP contribution in [0, 0.1) is 43.3 Å². The Bertz CT molecular complexity index is 212. The number of rotatable bonds is 1. The van der Waals surface area contributed by atoms with Crippen molar-refractivity contribution in [3.8, 4) is 0 Å². The Morgan fingerprint density at radius 3 is 2.17 bits per heavy atom. The summed E-state index contributed by atoms with van der Waals surface area (Å²) in [5, 5.41) is 4.16. The molecule has 18 heavy (non-hydrogen) atoms. The monoisotopic (exact) mass is 412 g/mol. The largest absolute Gasteiger partial charge is 0.659 e. The molecule has 5 nitrogen and oxygen atoms in total. The van der Waals surface area contributed by atoms with E-state index in [0.29, 0.717) is 19.6 Å². The first-order chi connectivity index (χ1) is 7.90. The molecule has 0 atom stereocenters. The van der Waals surface area contributed by atoms with Crippen LogP contribution in [0.1, 0.15) is 27.7 Å². The maximum absolute atomic E-state index is 11.5. The van der Waals surface area contributed by atoms with Gasteiger partial charge in [-0.3, -0.25) is 0 Å². The molecule has 0 unspecified atom stereocenters. The van der Waals surface area contributed by atoms with E-state index >= 15 is 0 Å². The van der Waals surface area contributed by atoms with Crippen LogP contribution in [-0.2, 0) is 4.74 Å². The van der Waals surface area contributed by atoms with Gasteiger partial charge in [-0.05, 0) is 20.8 Å². The van der Waals surface area contributed by atoms with Gasteiger partial charge in [-0.1, -0.05) is 0 Å². The molecule has 115 valence electrons. The molecule has 0 aromatic carbocycles. The van der Waals surface area contributed by atoms with Crippen LogP contribution in [0.25, 0.3) is 5.32 Å². The molecule has 1 aliphatic rings. The Labute approximate surface area is 140 Å². The molecular formula is C12H25N3O2Tm-2. The number of carbonyl (C=O) groups excluding carboxylic acids is 1. The molecule has 1 heterocycles. The van der Waals surface area contributed by atoms with E-state index in [1.807, 2.05) is 34.1 Å². The number of hydrogen-bond donors (Lipinski definition) is 1. The maximum atomic E-state index is 11.5. The zero-order valence-electron chi connectivity index (χ0n) is 11.7. The van der Waals surface area contributed by atoms with Gasteiger partial charge in [0.2, 0.25) is 0 Å². The van der Waals surface area contributed by atoms with E-state index < -0.39 is 5.60 Å². The first-order valence-corrected chi connectivity index (χ1v) is 5.99. The predicted octanol–water partition coefficient (Wildman–Crippen LogP) is 1.78. The number of amides is 1. The summed E-state index contributed by atoms with van der Waals surface area (Å²) in [7, 11) is 0. The third-order valence-electron chi connectivity index (χ3n) is 1.94. The number of hydrogen-bond acceptors (Lipinski definition) is 3. The van der Waals surface area contributed by atoms with E-state index in [1.165, 1.54) is 0 Å². The molecule has 0 aromatic rings. The molecule has 1 rings (SSSR count). The summed E-state index contributed by atoms with van der Waals surface area (Å²) in [5.41, 5.74) is 4.58. The van der Waals surface area contributed by atoms with Gasteiger partial charge >= 0.3 is 6.09 Å². The van der Waals surface area contributed by atoms with Crippen molar-refractivity contribution in [1.29, 1.82) is 0 Å². The number of piperazine rings is 1. The normalized spacial score (nSPS) is 15.1. The van der Waals surface area contributed by atoms with Gasteiger partial charge in [0.25, 0.3) is 0 Å². The number of nitrogens with two attached hydrogens (primary N) is 1. The van der Waals surface area contributed by atoms with Gasteiger partial charge in [-0.15, -0.1) is 19.6 Å². The quantitative estimate of drug-likeness (QED) is 0.668. The number of ether oxygens (including phenoxy) is 1. The minimum atomic E-state index is -0.397. The van der Waals surface area contributed by atoms with Crippen LogP contribution in [0.4, 0.5) is 4.79 Å². The molecule has 1 radical (unpaired) electrons. The average Bonchev–Trinajstić information content (AvgIpc) is 2.28. The SMILES string of the molecule is CC(C)(C)OC(=O)N1CC[N-]CC1.C[CH-]CN.[Tm]. The second-order valence-corrected chi connectivity index (χ2v) is 4.78. The standard InChI is InChI=1S/C9H17N2O2.C3H8N.Tm/c1-9(2,3)13-8(12)11-6-4-10-5-7-11;1-2-3-4;/h4-7H2,1-3H3;2H,3-4H2,1H3;/q2*-1;. The second kappa shape index (κ2) is 11.3. The third kappa shape index (κ3) is 11.5. The molecule has 0 spiro atoms. The van der Waals surface area contributed by atoms with Crippen molar-refractivity contribution in [3.63, 3.8) is 0 Å². The molecular weight excluding hydrogens is 387 g/mol. The van der Waals surface area contributed by atoms with E-state index in [4.69, 9.17) is 10.5 Å². The fourth-order valence-electron chi connectivity index (χ4n) is 1.12. The molecule has 0 bridgehead atoms. The van der Waals surface area contributed by atoms with Crippen LogP contribution >= 0.6 is 0 Å². The molecule has 6 heteroatoms. The van der Waals surface area contributed by atoms with Crippen LogP contribution in [0.3, 0.4) is 0 Å². The van der Waals surface area contributed by atoms with Gasteiger partial charge < -0.3 is 27.1 Å². The van der Waals surface area contributed by atoms with E-state index in [2.05, 4.69) is 5.32 Å². The Morgan fingerprint density at radius 1 is 1.39 bits per heavy atom. The summed E-state index contributed by atoms with van der Waals surface area (Å²) >= 11 is 0. The topological polar surface area (TPSA) is 69.7 Å². The van der Waals surface area contributed by atoms with Gasteiger partial charge in [-0.25, -0.2) is 4.79 Å². The molecule has 1 fully saturated rings. The van der Waals surface area contributed by atoms with Crippen molar-refractivity contribution < 1.29 is 46.4 Å². The Kier molecular flexibility index (Phi) is 13.0. The van der Waals surface area contributed by atoms with Gasteiger partial charge in [0.05, 0.1) is 0 Å². The van der Waals surface area contributed by atoms with Crippen molar-refractivity contribution in [3.05, 3.63) is 11.7 Å². The van der Waals surface area contributed by atoms with E-state index in [1.54, 1.807) is 4.90 Å². The van der Waals surface area contributed by atoms with Crippen LogP contribution in [-0.4, -0.2) is 49.3 Å². The fraction of sp³-hybridized carbons (Fsp3) is 0.833. The molecule has 0 aromatic heterocycles. The van der Waals surface area contributed by atoms with Crippen LogP contribution in [0.15, 0.2) is 0 Å². The zero-order chi connectivity index (χ0) is 13.3. The summed E-state index contributed by atoms with van der Waals surface area (Å²) in [6, 6.07) is 0. The first-order valence-electron chi connectivity index (χ1n) is 5.99. The Balaban J connectivity index is 0. The van der Waals surface area contributed by atoms with Gasteiger partial charge in [0.1, 0.15) is 5.60 Å². The fourth-order valence-corrected chi connectivity index (χ4v) is 1.12. The molecule has 1 amide bonds. The van der Waals surface area contributed by atoms with E-state index in [0.717, 1.165) is 13.1 Å². The summed E-state index contributed by atoms with van der Waals surface area (Å²) in [4.78, 5) is 13.2. The van der Waals surface area contributed by atoms with E-state index in [9.17, 15) is 4.79 Å². The summed E-state index contributed by atoms with van der Waals surface area (Å²) < 4.78 is 5.22. The summed E-state index contributed by atoms with van der Waals surface area (Å²) in [5.74, 6) is 0. The molecule has 1 aliphatic heterocycles. The van der Waals surface area contributed by atoms with Gasteiger partial charge in [0.15, 0.2) is 0 Å². The summed E-state index contributed by atoms with van der Waals surface area (Å²) in [6.45, 7) is 11.1. The third-order valence-corrected chi connectivity index (χ3v) is 1.94. The van der Waals surface area contributed by atoms with Crippen molar-refractivity contribution in [2.24, 2.45) is 5.73 Å². The van der Waals surface area contributed by atoms with Crippen LogP contribution in [0.2, 0.25) is 0 Å². The second-order valence-electron chi connectivity index (χ2n) is 4.78. The van der Waals surface area contributed by atoms with Crippen molar-refractivity contribution >= 4 is 6.09 Å². The van der Waals surface area contributed by atoms with Crippen molar-refractivity contribution in [2.45, 2.75) is 33.3 Å². The average molecular weight is 412 g/mol. The first kappa shape index (κ1) is 20.7. The minimum Gasteiger partial charge on any atom is -0.659 e. The number of carbonyl (C=O) groups is 1. The van der Waals surface area contributed by atoms with Crippen molar-refractivity contribution in [2.75, 3.05) is 32.7 Å². The summed E-state index contributed by atoms with van der Waals surface area (Å²) in [6.07, 6.45) is 1.68. The molecule has 1 saturated heterocycles.